The van der Waals surface area contributed by atoms with Crippen LogP contribution < -0.4 is 16.6 Å². The predicted octanol–water partition coefficient (Wildman–Crippen LogP) is -0.487. The van der Waals surface area contributed by atoms with Crippen molar-refractivity contribution in [2.45, 2.75) is 12.5 Å². The van der Waals surface area contributed by atoms with Gasteiger partial charge < -0.3 is 10.8 Å². The number of aromatic hydroxyl groups is 1. The van der Waals surface area contributed by atoms with Crippen molar-refractivity contribution >= 4 is 5.91 Å². The molecule has 0 aromatic heterocycles. The first-order chi connectivity index (χ1) is 7.13. The molecule has 5 nitrogen and oxygen atoms in total. The van der Waals surface area contributed by atoms with E-state index in [4.69, 9.17) is 10.8 Å². The van der Waals surface area contributed by atoms with Gasteiger partial charge >= 0.3 is 0 Å². The average Bonchev–Trinajstić information content (AvgIpc) is 2.20. The molecular formula is C10H15N3O2. The minimum Gasteiger partial charge on any atom is -0.508 e. The third-order valence-corrected chi connectivity index (χ3v) is 2.04. The van der Waals surface area contributed by atoms with E-state index < -0.39 is 11.9 Å². The minimum absolute atomic E-state index is 0.205. The van der Waals surface area contributed by atoms with Crippen LogP contribution in [0.15, 0.2) is 24.3 Å². The number of phenolic OH excluding ortho intramolecular Hbond substituents is 1. The highest BCUT2D eigenvalue weighted by atomic mass is 16.3. The van der Waals surface area contributed by atoms with Crippen molar-refractivity contribution in [2.24, 2.45) is 5.73 Å². The monoisotopic (exact) mass is 209 g/mol. The molecule has 0 saturated carbocycles. The summed E-state index contributed by atoms with van der Waals surface area (Å²) in [5.41, 5.74) is 11.6. The highest BCUT2D eigenvalue weighted by Gasteiger charge is 2.14. The van der Waals surface area contributed by atoms with Gasteiger partial charge in [-0.2, -0.15) is 0 Å². The fraction of sp³-hybridized carbons (Fsp3) is 0.300. The van der Waals surface area contributed by atoms with Gasteiger partial charge in [0.1, 0.15) is 11.8 Å². The molecule has 5 heteroatoms. The molecule has 0 saturated heterocycles. The van der Waals surface area contributed by atoms with E-state index in [2.05, 4.69) is 10.9 Å². The summed E-state index contributed by atoms with van der Waals surface area (Å²) < 4.78 is 0. The van der Waals surface area contributed by atoms with Crippen molar-refractivity contribution in [2.75, 3.05) is 7.05 Å². The molecule has 15 heavy (non-hydrogen) atoms. The molecule has 0 aliphatic rings. The number of nitrogens with two attached hydrogens (primary N) is 1. The van der Waals surface area contributed by atoms with Gasteiger partial charge in [0.15, 0.2) is 0 Å². The normalized spacial score (nSPS) is 12.3. The van der Waals surface area contributed by atoms with E-state index in [1.165, 1.54) is 0 Å². The van der Waals surface area contributed by atoms with Crippen LogP contribution in [0.4, 0.5) is 0 Å². The summed E-state index contributed by atoms with van der Waals surface area (Å²) >= 11 is 0. The highest BCUT2D eigenvalue weighted by molar-refractivity contribution is 5.80. The predicted molar refractivity (Wildman–Crippen MR) is 57.0 cm³/mol. The third-order valence-electron chi connectivity index (χ3n) is 2.04. The van der Waals surface area contributed by atoms with Gasteiger partial charge in [0.05, 0.1) is 0 Å². The van der Waals surface area contributed by atoms with E-state index in [0.717, 1.165) is 5.56 Å². The first-order valence-electron chi connectivity index (χ1n) is 4.63. The zero-order valence-electron chi connectivity index (χ0n) is 8.53. The molecule has 0 aliphatic heterocycles. The van der Waals surface area contributed by atoms with Crippen molar-refractivity contribution in [1.82, 2.24) is 10.9 Å². The SMILES string of the molecule is CNNC(Cc1ccc(O)cc1)C(N)=O. The minimum atomic E-state index is -0.459. The Labute approximate surface area is 88.3 Å². The van der Waals surface area contributed by atoms with Crippen molar-refractivity contribution in [1.29, 1.82) is 0 Å². The van der Waals surface area contributed by atoms with Gasteiger partial charge in [0.2, 0.25) is 5.91 Å². The van der Waals surface area contributed by atoms with Gasteiger partial charge in [0.25, 0.3) is 0 Å². The van der Waals surface area contributed by atoms with Crippen LogP contribution in [-0.4, -0.2) is 24.1 Å². The fourth-order valence-electron chi connectivity index (χ4n) is 1.26. The summed E-state index contributed by atoms with van der Waals surface area (Å²) in [7, 11) is 1.67. The number of hydrazine groups is 1. The maximum atomic E-state index is 11.0. The number of carbonyl (C=O) groups is 1. The van der Waals surface area contributed by atoms with Crippen LogP contribution in [0.1, 0.15) is 5.56 Å². The molecule has 82 valence electrons. The van der Waals surface area contributed by atoms with E-state index in [0.29, 0.717) is 6.42 Å². The molecule has 1 unspecified atom stereocenters. The molecule has 0 aliphatic carbocycles. The first-order valence-corrected chi connectivity index (χ1v) is 4.63. The van der Waals surface area contributed by atoms with E-state index in [1.807, 2.05) is 0 Å². The van der Waals surface area contributed by atoms with E-state index in [1.54, 1.807) is 31.3 Å². The Balaban J connectivity index is 2.65. The van der Waals surface area contributed by atoms with E-state index >= 15 is 0 Å². The van der Waals surface area contributed by atoms with Crippen LogP contribution in [0, 0.1) is 0 Å². The van der Waals surface area contributed by atoms with Gasteiger partial charge in [0, 0.05) is 0 Å². The van der Waals surface area contributed by atoms with Crippen LogP contribution in [0.3, 0.4) is 0 Å². The molecule has 1 amide bonds. The lowest BCUT2D eigenvalue weighted by molar-refractivity contribution is -0.120. The van der Waals surface area contributed by atoms with Crippen molar-refractivity contribution in [3.8, 4) is 5.75 Å². The standard InChI is InChI=1S/C10H15N3O2/c1-12-13-9(10(11)15)6-7-2-4-8(14)5-3-7/h2-5,9,12-14H,6H2,1H3,(H2,11,15). The quantitative estimate of drug-likeness (QED) is 0.493. The smallest absolute Gasteiger partial charge is 0.236 e. The lowest BCUT2D eigenvalue weighted by Gasteiger charge is -2.14. The highest BCUT2D eigenvalue weighted by Crippen LogP contribution is 2.10. The fourth-order valence-corrected chi connectivity index (χ4v) is 1.26. The molecule has 0 radical (unpaired) electrons. The number of amides is 1. The van der Waals surface area contributed by atoms with Crippen LogP contribution in [0.5, 0.6) is 5.75 Å². The largest absolute Gasteiger partial charge is 0.508 e. The number of rotatable bonds is 5. The molecule has 0 spiro atoms. The number of carbonyl (C=O) groups excluding carboxylic acids is 1. The summed E-state index contributed by atoms with van der Waals surface area (Å²) in [4.78, 5) is 11.0. The second kappa shape index (κ2) is 5.33. The second-order valence-electron chi connectivity index (χ2n) is 3.22. The molecule has 0 fully saturated rings. The summed E-state index contributed by atoms with van der Waals surface area (Å²) in [6, 6.07) is 6.20. The Morgan fingerprint density at radius 1 is 1.47 bits per heavy atom. The van der Waals surface area contributed by atoms with E-state index in [-0.39, 0.29) is 5.75 Å². The molecule has 5 N–H and O–H groups in total. The molecule has 1 rings (SSSR count). The van der Waals surface area contributed by atoms with Gasteiger partial charge in [-0.15, -0.1) is 0 Å². The summed E-state index contributed by atoms with van der Waals surface area (Å²) in [5.74, 6) is -0.214. The van der Waals surface area contributed by atoms with Gasteiger partial charge in [-0.25, -0.2) is 5.43 Å². The average molecular weight is 209 g/mol. The Morgan fingerprint density at radius 3 is 2.53 bits per heavy atom. The number of hydrogen-bond acceptors (Lipinski definition) is 4. The number of primary amides is 1. The molecule has 1 aromatic rings. The molecular weight excluding hydrogens is 194 g/mol. The summed E-state index contributed by atoms with van der Waals surface area (Å²) in [6.07, 6.45) is 0.483. The molecule has 0 bridgehead atoms. The lowest BCUT2D eigenvalue weighted by atomic mass is 10.1. The second-order valence-corrected chi connectivity index (χ2v) is 3.22. The van der Waals surface area contributed by atoms with Crippen LogP contribution in [0.2, 0.25) is 0 Å². The number of hydrogen-bond donors (Lipinski definition) is 4. The maximum Gasteiger partial charge on any atom is 0.236 e. The Hall–Kier alpha value is -1.59. The number of benzene rings is 1. The van der Waals surface area contributed by atoms with Gasteiger partial charge in [-0.05, 0) is 31.2 Å². The van der Waals surface area contributed by atoms with Crippen LogP contribution >= 0.6 is 0 Å². The summed E-state index contributed by atoms with van der Waals surface area (Å²) in [6.45, 7) is 0. The van der Waals surface area contributed by atoms with Crippen molar-refractivity contribution in [3.05, 3.63) is 29.8 Å². The van der Waals surface area contributed by atoms with Crippen LogP contribution in [-0.2, 0) is 11.2 Å². The molecule has 1 atom stereocenters. The first kappa shape index (κ1) is 11.5. The number of nitrogens with one attached hydrogen (secondary N) is 2. The van der Waals surface area contributed by atoms with Gasteiger partial charge in [-0.1, -0.05) is 12.1 Å². The molecule has 0 heterocycles. The van der Waals surface area contributed by atoms with Crippen LogP contribution in [0.25, 0.3) is 0 Å². The topological polar surface area (TPSA) is 87.4 Å². The third kappa shape index (κ3) is 3.57. The zero-order valence-corrected chi connectivity index (χ0v) is 8.53. The molecule has 1 aromatic carbocycles. The Kier molecular flexibility index (Phi) is 4.08. The maximum absolute atomic E-state index is 11.0. The summed E-state index contributed by atoms with van der Waals surface area (Å²) in [5, 5.41) is 9.08. The van der Waals surface area contributed by atoms with Crippen molar-refractivity contribution < 1.29 is 9.90 Å². The Bertz CT molecular complexity index is 324. The zero-order chi connectivity index (χ0) is 11.3. The lowest BCUT2D eigenvalue weighted by Crippen LogP contribution is -2.48. The van der Waals surface area contributed by atoms with Gasteiger partial charge in [-0.3, -0.25) is 10.2 Å². The van der Waals surface area contributed by atoms with E-state index in [9.17, 15) is 4.79 Å². The van der Waals surface area contributed by atoms with Crippen molar-refractivity contribution in [3.63, 3.8) is 0 Å². The number of phenols is 1. The Morgan fingerprint density at radius 2 is 2.07 bits per heavy atom.